The number of aromatic amines is 1. The zero-order chi connectivity index (χ0) is 64.8. The molecule has 0 saturated carbocycles. The Hall–Kier alpha value is -9.50. The van der Waals surface area contributed by atoms with Crippen LogP contribution >= 0.6 is 0 Å². The predicted molar refractivity (Wildman–Crippen MR) is 313 cm³/mol. The second kappa shape index (κ2) is 36.9. The number of hydrogen-bond donors (Lipinski definition) is 17. The molecule has 0 radical (unpaired) electrons. The molecule has 11 amide bonds. The third kappa shape index (κ3) is 27.7. The number of carbonyl (C=O) groups excluding carboxylic acids is 11. The van der Waals surface area contributed by atoms with E-state index in [4.69, 9.17) is 22.9 Å². The Morgan fingerprint density at radius 1 is 0.570 bits per heavy atom. The van der Waals surface area contributed by atoms with Gasteiger partial charge in [0.15, 0.2) is 11.9 Å². The van der Waals surface area contributed by atoms with Crippen LogP contribution in [-0.4, -0.2) is 178 Å². The summed E-state index contributed by atoms with van der Waals surface area (Å²) in [5, 5.41) is 48.9. The molecule has 86 heavy (non-hydrogen) atoms. The second-order valence-corrected chi connectivity index (χ2v) is 20.9. The van der Waals surface area contributed by atoms with Crippen molar-refractivity contribution < 1.29 is 62.8 Å². The molecular formula is C52H84N20O14. The van der Waals surface area contributed by atoms with Crippen molar-refractivity contribution in [3.63, 3.8) is 0 Å². The molecular weight excluding hydrogens is 1130 g/mol. The van der Waals surface area contributed by atoms with E-state index in [0.29, 0.717) is 5.69 Å². The Bertz CT molecular complexity index is 2700. The zero-order valence-electron chi connectivity index (χ0n) is 49.4. The summed E-state index contributed by atoms with van der Waals surface area (Å²) in [4.78, 5) is 172. The number of aliphatic imine (C=N–C) groups is 2. The Balaban J connectivity index is 2.19. The van der Waals surface area contributed by atoms with Gasteiger partial charge in [0.25, 0.3) is 5.69 Å². The van der Waals surface area contributed by atoms with Gasteiger partial charge in [-0.2, -0.15) is 0 Å². The highest BCUT2D eigenvalue weighted by molar-refractivity contribution is 6.00. The van der Waals surface area contributed by atoms with Crippen LogP contribution in [0.25, 0.3) is 0 Å². The number of aliphatic hydroxyl groups is 1. The molecule has 2 rings (SSSR count). The quantitative estimate of drug-likeness (QED) is 0.00993. The van der Waals surface area contributed by atoms with E-state index in [9.17, 15) is 68.0 Å². The maximum Gasteiger partial charge on any atom is 0.269 e. The molecule has 1 aromatic heterocycles. The average Bonchev–Trinajstić information content (AvgIpc) is 4.01. The molecule has 1 heterocycles. The van der Waals surface area contributed by atoms with E-state index in [0.717, 1.165) is 0 Å². The molecule has 0 saturated heterocycles. The minimum absolute atomic E-state index is 0.00609. The summed E-state index contributed by atoms with van der Waals surface area (Å²) >= 11 is 0. The smallest absolute Gasteiger partial charge is 0.269 e. The summed E-state index contributed by atoms with van der Waals surface area (Å²) in [6.07, 6.45) is 2.99. The largest absolute Gasteiger partial charge is 0.394 e. The van der Waals surface area contributed by atoms with E-state index in [1.807, 2.05) is 0 Å². The third-order valence-electron chi connectivity index (χ3n) is 12.4. The van der Waals surface area contributed by atoms with Crippen LogP contribution in [0.4, 0.5) is 11.4 Å². The SMILES string of the molecule is CC(=O)N[C@@H](C)C(=O)N[C@@H](CCCN=C(N)N)C(=O)N[C@@H](C)C(=O)N[C@@H](CO)C(=O)N[C@@H](Cc1cnc[nH]1)C(=O)N[C@@H](CC(C)C)C(=O)NCC(=O)N[C@@H](CC(C)C)C(=O)N[C@@H](C)C(=O)N[C@@H](CCCN=C(N)N)C(=O)Nc1ccc([N+](=O)[O-])cc1. The first-order valence-corrected chi connectivity index (χ1v) is 27.6. The predicted octanol–water partition coefficient (Wildman–Crippen LogP) is -4.75. The molecule has 0 aliphatic carbocycles. The number of nitro groups is 1. The van der Waals surface area contributed by atoms with Gasteiger partial charge in [-0.25, -0.2) is 4.98 Å². The van der Waals surface area contributed by atoms with Gasteiger partial charge in [0.05, 0.1) is 24.4 Å². The number of amides is 11. The first-order chi connectivity index (χ1) is 40.4. The Kier molecular flexibility index (Phi) is 31.2. The number of nitrogens with one attached hydrogen (secondary N) is 12. The van der Waals surface area contributed by atoms with Gasteiger partial charge in [0.2, 0.25) is 65.0 Å². The number of hydrogen-bond acceptors (Lipinski definition) is 17. The van der Waals surface area contributed by atoms with Crippen molar-refractivity contribution in [2.24, 2.45) is 44.8 Å². The van der Waals surface area contributed by atoms with Crippen LogP contribution in [0.15, 0.2) is 46.8 Å². The minimum Gasteiger partial charge on any atom is -0.394 e. The number of aromatic nitrogens is 2. The minimum atomic E-state index is -1.70. The molecule has 21 N–H and O–H groups in total. The molecule has 34 heteroatoms. The van der Waals surface area contributed by atoms with Crippen molar-refractivity contribution in [1.29, 1.82) is 0 Å². The van der Waals surface area contributed by atoms with E-state index < -0.39 is 137 Å². The van der Waals surface area contributed by atoms with Gasteiger partial charge in [-0.3, -0.25) is 72.8 Å². The number of non-ortho nitro benzene ring substituents is 1. The number of anilines is 1. The molecule has 2 aromatic rings. The van der Waals surface area contributed by atoms with Crippen molar-refractivity contribution in [1.82, 2.24) is 63.1 Å². The van der Waals surface area contributed by atoms with Crippen molar-refractivity contribution >= 4 is 88.3 Å². The fourth-order valence-electron chi connectivity index (χ4n) is 7.97. The van der Waals surface area contributed by atoms with Crippen molar-refractivity contribution in [3.8, 4) is 0 Å². The van der Waals surface area contributed by atoms with E-state index in [-0.39, 0.29) is 93.2 Å². The maximum atomic E-state index is 14.1. The van der Waals surface area contributed by atoms with E-state index in [1.165, 1.54) is 64.5 Å². The fourth-order valence-corrected chi connectivity index (χ4v) is 7.97. The monoisotopic (exact) mass is 1210 g/mol. The van der Waals surface area contributed by atoms with Gasteiger partial charge < -0.3 is 91.5 Å². The summed E-state index contributed by atoms with van der Waals surface area (Å²) in [6, 6.07) is -6.87. The Morgan fingerprint density at radius 3 is 1.45 bits per heavy atom. The van der Waals surface area contributed by atoms with E-state index >= 15 is 0 Å². The Morgan fingerprint density at radius 2 is 1.00 bits per heavy atom. The molecule has 34 nitrogen and oxygen atoms in total. The summed E-state index contributed by atoms with van der Waals surface area (Å²) < 4.78 is 0. The van der Waals surface area contributed by atoms with Crippen LogP contribution in [0, 0.1) is 22.0 Å². The summed E-state index contributed by atoms with van der Waals surface area (Å²) in [7, 11) is 0. The van der Waals surface area contributed by atoms with Gasteiger partial charge in [-0.15, -0.1) is 0 Å². The molecule has 9 atom stereocenters. The van der Waals surface area contributed by atoms with Crippen LogP contribution in [0.1, 0.15) is 99.6 Å². The first-order valence-electron chi connectivity index (χ1n) is 27.6. The fraction of sp³-hybridized carbons (Fsp3) is 0.577. The number of benzene rings is 1. The number of rotatable bonds is 37. The highest BCUT2D eigenvalue weighted by Gasteiger charge is 2.34. The lowest BCUT2D eigenvalue weighted by Crippen LogP contribution is -2.60. The number of imidazole rings is 1. The van der Waals surface area contributed by atoms with Crippen LogP contribution in [0.2, 0.25) is 0 Å². The standard InChI is InChI=1S/C52H84N20O14/c1-26(2)19-37(45(79)60-23-41(75)66-38(20-27(3)4)48(82)64-29(6)43(77)68-36(12-10-18-59-52(55)56)47(81)65-32-13-15-34(16-14-32)72(85)86)69-49(83)39(21-33-22-57-25-61-33)70-50(84)40(24-73)71-44(78)30(7)63-46(80)35(11-9-17-58-51(53)54)67-42(76)28(5)62-31(8)74/h13-16,22,25-30,35-40,73H,9-12,17-21,23-24H2,1-8H3,(H,57,61)(H,60,79)(H,62,74)(H,63,80)(H,64,82)(H,65,81)(H,66,75)(H,67,76)(H,68,77)(H,69,83)(H,70,84)(H,71,78)(H4,53,54,58)(H4,55,56,59)/t28-,29-,30-,35-,36-,37-,38-,39-,40-/m0/s1. The van der Waals surface area contributed by atoms with Gasteiger partial charge >= 0.3 is 0 Å². The summed E-state index contributed by atoms with van der Waals surface area (Å²) in [6.45, 7) is 10.8. The highest BCUT2D eigenvalue weighted by atomic mass is 16.6. The van der Waals surface area contributed by atoms with Crippen LogP contribution < -0.4 is 81.4 Å². The number of nitrogens with zero attached hydrogens (tertiary/aromatic N) is 4. The van der Waals surface area contributed by atoms with Gasteiger partial charge in [0.1, 0.15) is 54.4 Å². The lowest BCUT2D eigenvalue weighted by molar-refractivity contribution is -0.384. The topological polar surface area (TPSA) is 541 Å². The van der Waals surface area contributed by atoms with Crippen LogP contribution in [0.3, 0.4) is 0 Å². The van der Waals surface area contributed by atoms with Gasteiger partial charge in [-0.1, -0.05) is 27.7 Å². The molecule has 0 aliphatic heterocycles. The van der Waals surface area contributed by atoms with Gasteiger partial charge in [0, 0.05) is 56.1 Å². The number of carbonyl (C=O) groups is 11. The summed E-state index contributed by atoms with van der Waals surface area (Å²) in [5.41, 5.74) is 21.9. The molecule has 0 fully saturated rings. The highest BCUT2D eigenvalue weighted by Crippen LogP contribution is 2.17. The second-order valence-electron chi connectivity index (χ2n) is 20.9. The Labute approximate surface area is 496 Å². The zero-order valence-corrected chi connectivity index (χ0v) is 49.4. The van der Waals surface area contributed by atoms with E-state index in [1.54, 1.807) is 27.7 Å². The maximum absolute atomic E-state index is 14.1. The number of guanidine groups is 2. The number of H-pyrrole nitrogens is 1. The van der Waals surface area contributed by atoms with Crippen LogP contribution in [0.5, 0.6) is 0 Å². The normalized spacial score (nSPS) is 14.0. The average molecular weight is 1210 g/mol. The van der Waals surface area contributed by atoms with Crippen molar-refractivity contribution in [2.75, 3.05) is 31.6 Å². The number of nitrogens with two attached hydrogens (primary N) is 4. The molecule has 0 aliphatic rings. The molecule has 1 aromatic carbocycles. The molecule has 0 spiro atoms. The van der Waals surface area contributed by atoms with Crippen molar-refractivity contribution in [2.45, 2.75) is 155 Å². The molecule has 476 valence electrons. The first kappa shape index (κ1) is 72.6. The third-order valence-corrected chi connectivity index (χ3v) is 12.4. The van der Waals surface area contributed by atoms with Crippen molar-refractivity contribution in [3.05, 3.63) is 52.6 Å². The number of nitro benzene ring substituents is 1. The van der Waals surface area contributed by atoms with Crippen LogP contribution in [-0.2, 0) is 59.2 Å². The molecule has 0 unspecified atom stereocenters. The van der Waals surface area contributed by atoms with Gasteiger partial charge in [-0.05, 0) is 83.3 Å². The summed E-state index contributed by atoms with van der Waals surface area (Å²) in [5.74, 6) is -9.69. The number of aliphatic hydroxyl groups excluding tert-OH is 1. The lowest BCUT2D eigenvalue weighted by atomic mass is 10.0. The lowest BCUT2D eigenvalue weighted by Gasteiger charge is -2.26. The van der Waals surface area contributed by atoms with E-state index in [2.05, 4.69) is 78.4 Å². The molecule has 0 bridgehead atoms.